The minimum Gasteiger partial charge on any atom is -0.423 e. The molecule has 1 aliphatic heterocycles. The van der Waals surface area contributed by atoms with Gasteiger partial charge in [0, 0.05) is 34.8 Å². The van der Waals surface area contributed by atoms with Crippen molar-refractivity contribution < 1.29 is 9.53 Å². The number of aromatic nitrogens is 1. The minimum absolute atomic E-state index is 0.421. The van der Waals surface area contributed by atoms with Crippen LogP contribution in [0.15, 0.2) is 52.7 Å². The molecule has 6 heteroatoms. The van der Waals surface area contributed by atoms with Gasteiger partial charge < -0.3 is 4.74 Å². The van der Waals surface area contributed by atoms with Gasteiger partial charge >= 0.3 is 5.97 Å². The van der Waals surface area contributed by atoms with E-state index in [0.29, 0.717) is 11.3 Å². The van der Waals surface area contributed by atoms with Gasteiger partial charge in [0.15, 0.2) is 0 Å². The summed E-state index contributed by atoms with van der Waals surface area (Å²) in [5, 5.41) is 3.93. The Bertz CT molecular complexity index is 644. The summed E-state index contributed by atoms with van der Waals surface area (Å²) < 4.78 is 5.30. The molecule has 0 saturated heterocycles. The number of carbonyl (C=O) groups excluding carboxylic acids is 1. The molecular weight excluding hydrogens is 262 g/mol. The average Bonchev–Trinajstić information content (AvgIpc) is 2.48. The van der Waals surface area contributed by atoms with Crippen LogP contribution in [0.2, 0.25) is 0 Å². The number of ether oxygens (including phenoxy) is 1. The van der Waals surface area contributed by atoms with Crippen molar-refractivity contribution in [1.29, 1.82) is 0 Å². The van der Waals surface area contributed by atoms with Crippen molar-refractivity contribution in [3.8, 4) is 5.75 Å². The molecule has 2 aromatic rings. The first-order valence-corrected chi connectivity index (χ1v) is 6.36. The summed E-state index contributed by atoms with van der Waals surface area (Å²) in [7, 11) is 0. The van der Waals surface area contributed by atoms with E-state index in [9.17, 15) is 4.79 Å². The van der Waals surface area contributed by atoms with E-state index in [1.165, 1.54) is 18.1 Å². The van der Waals surface area contributed by atoms with E-state index in [0.717, 1.165) is 10.5 Å². The molecule has 1 aromatic carbocycles. The second kappa shape index (κ2) is 5.11. The van der Waals surface area contributed by atoms with Crippen LogP contribution < -0.4 is 9.57 Å². The average molecular weight is 271 g/mol. The molecule has 0 bridgehead atoms. The molecule has 1 aliphatic rings. The summed E-state index contributed by atoms with van der Waals surface area (Å²) >= 11 is 1.37. The molecular formula is C13H9N3O2S. The number of nitrogens with one attached hydrogen (secondary N) is 1. The Morgan fingerprint density at radius 3 is 3.11 bits per heavy atom. The number of hydrazone groups is 1. The van der Waals surface area contributed by atoms with Crippen molar-refractivity contribution >= 4 is 24.1 Å². The lowest BCUT2D eigenvalue weighted by atomic mass is 10.2. The molecule has 0 amide bonds. The number of hydrogen-bond donors (Lipinski definition) is 1. The first-order chi connectivity index (χ1) is 9.33. The van der Waals surface area contributed by atoms with Crippen molar-refractivity contribution in [2.75, 3.05) is 0 Å². The molecule has 5 nitrogen and oxygen atoms in total. The Hall–Kier alpha value is -2.34. The molecule has 0 unspecified atom stereocenters. The molecule has 1 aromatic heterocycles. The fraction of sp³-hybridized carbons (Fsp3) is 0. The van der Waals surface area contributed by atoms with Gasteiger partial charge in [0.2, 0.25) is 0 Å². The zero-order chi connectivity index (χ0) is 13.1. The van der Waals surface area contributed by atoms with E-state index in [2.05, 4.69) is 14.9 Å². The highest BCUT2D eigenvalue weighted by Gasteiger charge is 2.11. The zero-order valence-corrected chi connectivity index (χ0v) is 10.6. The van der Waals surface area contributed by atoms with E-state index in [1.807, 2.05) is 6.07 Å². The van der Waals surface area contributed by atoms with Gasteiger partial charge in [-0.25, -0.2) is 9.63 Å². The van der Waals surface area contributed by atoms with Crippen LogP contribution in [0.5, 0.6) is 5.75 Å². The van der Waals surface area contributed by atoms with Crippen molar-refractivity contribution in [1.82, 2.24) is 9.82 Å². The van der Waals surface area contributed by atoms with Crippen molar-refractivity contribution in [2.24, 2.45) is 5.10 Å². The number of nitrogens with zero attached hydrogens (tertiary/aromatic N) is 2. The molecule has 1 N–H and O–H groups in total. The number of pyridine rings is 1. The molecule has 2 heterocycles. The highest BCUT2D eigenvalue weighted by Crippen LogP contribution is 2.27. The third-order valence-electron chi connectivity index (χ3n) is 2.50. The fourth-order valence-corrected chi connectivity index (χ4v) is 2.21. The lowest BCUT2D eigenvalue weighted by molar-refractivity contribution is 0.0734. The number of hydrogen-bond acceptors (Lipinski definition) is 6. The van der Waals surface area contributed by atoms with E-state index in [4.69, 9.17) is 4.74 Å². The molecule has 0 spiro atoms. The van der Waals surface area contributed by atoms with Crippen LogP contribution >= 0.6 is 11.9 Å². The third kappa shape index (κ3) is 2.58. The van der Waals surface area contributed by atoms with Crippen LogP contribution in [-0.2, 0) is 0 Å². The van der Waals surface area contributed by atoms with E-state index < -0.39 is 5.97 Å². The van der Waals surface area contributed by atoms with E-state index in [-0.39, 0.29) is 0 Å². The zero-order valence-electron chi connectivity index (χ0n) is 9.74. The summed E-state index contributed by atoms with van der Waals surface area (Å²) in [6, 6.07) is 8.76. The van der Waals surface area contributed by atoms with Crippen molar-refractivity contribution in [3.63, 3.8) is 0 Å². The fourth-order valence-electron chi connectivity index (χ4n) is 1.59. The predicted octanol–water partition coefficient (Wildman–Crippen LogP) is 2.25. The van der Waals surface area contributed by atoms with Crippen LogP contribution in [0.4, 0.5) is 0 Å². The maximum Gasteiger partial charge on any atom is 0.345 e. The van der Waals surface area contributed by atoms with Crippen LogP contribution in [0.1, 0.15) is 15.9 Å². The molecule has 94 valence electrons. The number of rotatable bonds is 2. The monoisotopic (exact) mass is 271 g/mol. The highest BCUT2D eigenvalue weighted by molar-refractivity contribution is 7.97. The standard InChI is InChI=1S/C13H9N3O2S/c17-13(10-2-1-5-14-7-10)18-11-4-3-9-8-15-16-19-12(9)6-11/h1-8,16H. The lowest BCUT2D eigenvalue weighted by Gasteiger charge is -2.11. The van der Waals surface area contributed by atoms with Crippen molar-refractivity contribution in [3.05, 3.63) is 53.9 Å². The molecule has 0 aliphatic carbocycles. The van der Waals surface area contributed by atoms with Gasteiger partial charge in [0.25, 0.3) is 0 Å². The van der Waals surface area contributed by atoms with Crippen molar-refractivity contribution in [2.45, 2.75) is 4.90 Å². The maximum absolute atomic E-state index is 11.9. The molecule has 0 radical (unpaired) electrons. The Morgan fingerprint density at radius 2 is 2.26 bits per heavy atom. The topological polar surface area (TPSA) is 63.6 Å². The summed E-state index contributed by atoms with van der Waals surface area (Å²) in [6.45, 7) is 0. The van der Waals surface area contributed by atoms with Crippen LogP contribution in [0.3, 0.4) is 0 Å². The SMILES string of the molecule is O=C(Oc1ccc2c(c1)SNN=C2)c1cccnc1. The van der Waals surface area contributed by atoms with Gasteiger partial charge in [0.1, 0.15) is 5.75 Å². The summed E-state index contributed by atoms with van der Waals surface area (Å²) in [6.07, 6.45) is 4.81. The first kappa shape index (κ1) is 11.7. The second-order valence-corrected chi connectivity index (χ2v) is 4.61. The summed E-state index contributed by atoms with van der Waals surface area (Å²) in [4.78, 5) is 19.5. The summed E-state index contributed by atoms with van der Waals surface area (Å²) in [5.74, 6) is 0.0766. The van der Waals surface area contributed by atoms with Gasteiger partial charge in [0.05, 0.1) is 11.8 Å². The highest BCUT2D eigenvalue weighted by atomic mass is 32.2. The first-order valence-electron chi connectivity index (χ1n) is 5.54. The normalized spacial score (nSPS) is 12.4. The van der Waals surface area contributed by atoms with Crippen LogP contribution in [0.25, 0.3) is 0 Å². The van der Waals surface area contributed by atoms with Crippen LogP contribution in [-0.4, -0.2) is 17.2 Å². The predicted molar refractivity (Wildman–Crippen MR) is 72.2 cm³/mol. The van der Waals surface area contributed by atoms with Gasteiger partial charge in [-0.05, 0) is 30.3 Å². The molecule has 19 heavy (non-hydrogen) atoms. The van der Waals surface area contributed by atoms with Crippen LogP contribution in [0, 0.1) is 0 Å². The second-order valence-electron chi connectivity index (χ2n) is 3.78. The van der Waals surface area contributed by atoms with Gasteiger partial charge in [-0.1, -0.05) is 0 Å². The summed E-state index contributed by atoms with van der Waals surface area (Å²) in [5.41, 5.74) is 1.41. The lowest BCUT2D eigenvalue weighted by Crippen LogP contribution is -2.09. The Morgan fingerprint density at radius 1 is 1.32 bits per heavy atom. The Balaban J connectivity index is 1.81. The molecule has 0 atom stereocenters. The van der Waals surface area contributed by atoms with Gasteiger partial charge in [-0.3, -0.25) is 4.98 Å². The number of benzene rings is 1. The number of carbonyl (C=O) groups is 1. The van der Waals surface area contributed by atoms with Gasteiger partial charge in [-0.2, -0.15) is 5.10 Å². The maximum atomic E-state index is 11.9. The smallest absolute Gasteiger partial charge is 0.345 e. The largest absolute Gasteiger partial charge is 0.423 e. The Labute approximate surface area is 113 Å². The van der Waals surface area contributed by atoms with E-state index in [1.54, 1.807) is 36.7 Å². The minimum atomic E-state index is -0.421. The Kier molecular flexibility index (Phi) is 3.16. The third-order valence-corrected chi connectivity index (χ3v) is 3.27. The van der Waals surface area contributed by atoms with E-state index >= 15 is 0 Å². The van der Waals surface area contributed by atoms with Gasteiger partial charge in [-0.15, -0.1) is 0 Å². The molecule has 0 fully saturated rings. The number of fused-ring (bicyclic) bond motifs is 1. The quantitative estimate of drug-likeness (QED) is 0.515. The molecule has 3 rings (SSSR count). The molecule has 0 saturated carbocycles. The number of esters is 1.